The number of nitrogens with two attached hydrogens (primary N) is 1. The Labute approximate surface area is 182 Å². The number of pyridine rings is 1. The number of hydrogen-bond donors (Lipinski definition) is 3. The standard InChI is InChI=1S/C21H19ClFN5O3/c1-11-6-15(27-16(29)7-22)18(28-20(11)31-10-21(9-25)4-5-21)19(30)12-2-3-14(23)17(26)13(12)8-24/h2-3,6,8,24H,4-5,7,10,26H2,1H3,(H,27,29). The van der Waals surface area contributed by atoms with E-state index < -0.39 is 22.9 Å². The summed E-state index contributed by atoms with van der Waals surface area (Å²) in [5.41, 5.74) is 5.04. The first-order chi connectivity index (χ1) is 14.7. The average Bonchev–Trinajstić information content (AvgIpc) is 3.54. The van der Waals surface area contributed by atoms with Crippen molar-refractivity contribution in [2.24, 2.45) is 5.41 Å². The largest absolute Gasteiger partial charge is 0.476 e. The Morgan fingerprint density at radius 3 is 2.77 bits per heavy atom. The minimum atomic E-state index is -0.766. The maximum atomic E-state index is 13.8. The number of carbonyl (C=O) groups is 2. The number of carbonyl (C=O) groups excluding carboxylic acids is 2. The lowest BCUT2D eigenvalue weighted by Gasteiger charge is -2.16. The molecule has 0 atom stereocenters. The van der Waals surface area contributed by atoms with Crippen molar-refractivity contribution in [1.29, 1.82) is 10.7 Å². The number of amides is 1. The number of nitriles is 1. The molecule has 0 aliphatic heterocycles. The van der Waals surface area contributed by atoms with Crippen LogP contribution < -0.4 is 15.8 Å². The van der Waals surface area contributed by atoms with E-state index in [0.29, 0.717) is 5.56 Å². The van der Waals surface area contributed by atoms with E-state index in [1.807, 2.05) is 0 Å². The topological polar surface area (TPSA) is 142 Å². The van der Waals surface area contributed by atoms with Gasteiger partial charge in [0.15, 0.2) is 0 Å². The van der Waals surface area contributed by atoms with Gasteiger partial charge >= 0.3 is 0 Å². The lowest BCUT2D eigenvalue weighted by atomic mass is 9.98. The minimum Gasteiger partial charge on any atom is -0.476 e. The fourth-order valence-electron chi connectivity index (χ4n) is 2.93. The van der Waals surface area contributed by atoms with Crippen molar-refractivity contribution in [2.45, 2.75) is 19.8 Å². The van der Waals surface area contributed by atoms with Crippen LogP contribution in [0.3, 0.4) is 0 Å². The van der Waals surface area contributed by atoms with Gasteiger partial charge in [-0.15, -0.1) is 11.6 Å². The number of rotatable bonds is 8. The summed E-state index contributed by atoms with van der Waals surface area (Å²) in [4.78, 5) is 29.4. The van der Waals surface area contributed by atoms with Crippen LogP contribution in [0.15, 0.2) is 18.2 Å². The number of nitrogen functional groups attached to an aromatic ring is 1. The smallest absolute Gasteiger partial charge is 0.239 e. The minimum absolute atomic E-state index is 0.0618. The lowest BCUT2D eigenvalue weighted by Crippen LogP contribution is -2.20. The molecule has 1 aliphatic carbocycles. The van der Waals surface area contributed by atoms with Crippen LogP contribution in [-0.2, 0) is 4.79 Å². The first kappa shape index (κ1) is 22.2. The third kappa shape index (κ3) is 4.49. The molecule has 0 spiro atoms. The number of alkyl halides is 1. The first-order valence-electron chi connectivity index (χ1n) is 9.30. The average molecular weight is 444 g/mol. The molecule has 160 valence electrons. The summed E-state index contributed by atoms with van der Waals surface area (Å²) in [5, 5.41) is 19.3. The SMILES string of the molecule is Cc1cc(NC(=O)CCl)c(C(=O)c2ccc(F)c(N)c2C=N)nc1OCC1(C#N)CC1. The van der Waals surface area contributed by atoms with Crippen molar-refractivity contribution in [3.05, 3.63) is 46.4 Å². The molecule has 1 heterocycles. The molecule has 1 aliphatic rings. The Balaban J connectivity index is 2.07. The number of ether oxygens (including phenoxy) is 1. The molecule has 10 heteroatoms. The van der Waals surface area contributed by atoms with Crippen LogP contribution >= 0.6 is 11.6 Å². The van der Waals surface area contributed by atoms with E-state index in [-0.39, 0.29) is 46.6 Å². The molecule has 0 saturated heterocycles. The summed E-state index contributed by atoms with van der Waals surface area (Å²) in [5.74, 6) is -2.23. The number of benzene rings is 1. The van der Waals surface area contributed by atoms with Crippen LogP contribution in [0, 0.1) is 34.9 Å². The van der Waals surface area contributed by atoms with Crippen LogP contribution in [0.25, 0.3) is 0 Å². The Morgan fingerprint density at radius 1 is 1.48 bits per heavy atom. The van der Waals surface area contributed by atoms with Gasteiger partial charge in [0.05, 0.1) is 22.9 Å². The first-order valence-corrected chi connectivity index (χ1v) is 9.83. The summed E-state index contributed by atoms with van der Waals surface area (Å²) < 4.78 is 19.5. The molecule has 0 radical (unpaired) electrons. The highest BCUT2D eigenvalue weighted by atomic mass is 35.5. The predicted octanol–water partition coefficient (Wildman–Crippen LogP) is 3.20. The molecule has 31 heavy (non-hydrogen) atoms. The van der Waals surface area contributed by atoms with Gasteiger partial charge in [-0.25, -0.2) is 9.37 Å². The molecule has 0 unspecified atom stereocenters. The second-order valence-corrected chi connectivity index (χ2v) is 7.53. The van der Waals surface area contributed by atoms with E-state index >= 15 is 0 Å². The Bertz CT molecular complexity index is 1120. The van der Waals surface area contributed by atoms with Crippen LogP contribution in [0.2, 0.25) is 0 Å². The Hall–Kier alpha value is -3.51. The van der Waals surface area contributed by atoms with E-state index in [1.165, 1.54) is 12.1 Å². The zero-order chi connectivity index (χ0) is 22.8. The summed E-state index contributed by atoms with van der Waals surface area (Å²) in [6, 6.07) is 5.92. The highest BCUT2D eigenvalue weighted by Gasteiger charge is 2.44. The Kier molecular flexibility index (Phi) is 6.22. The number of halogens is 2. The van der Waals surface area contributed by atoms with Crippen molar-refractivity contribution in [1.82, 2.24) is 4.98 Å². The number of ketones is 1. The number of aromatic nitrogens is 1. The Morgan fingerprint density at radius 2 is 2.19 bits per heavy atom. The fraction of sp³-hybridized carbons (Fsp3) is 0.286. The van der Waals surface area contributed by atoms with Gasteiger partial charge in [0, 0.05) is 22.9 Å². The third-order valence-corrected chi connectivity index (χ3v) is 5.22. The second-order valence-electron chi connectivity index (χ2n) is 7.26. The molecule has 8 nitrogen and oxygen atoms in total. The molecule has 1 fully saturated rings. The normalized spacial score (nSPS) is 13.7. The van der Waals surface area contributed by atoms with E-state index in [4.69, 9.17) is 27.5 Å². The summed E-state index contributed by atoms with van der Waals surface area (Å²) in [6.07, 6.45) is 2.21. The molecular weight excluding hydrogens is 425 g/mol. The highest BCUT2D eigenvalue weighted by Crippen LogP contribution is 2.45. The van der Waals surface area contributed by atoms with Crippen molar-refractivity contribution in [2.75, 3.05) is 23.5 Å². The van der Waals surface area contributed by atoms with Gasteiger partial charge in [-0.1, -0.05) is 0 Å². The number of aryl methyl sites for hydroxylation is 1. The van der Waals surface area contributed by atoms with E-state index in [1.54, 1.807) is 6.92 Å². The predicted molar refractivity (Wildman–Crippen MR) is 113 cm³/mol. The number of hydrogen-bond acceptors (Lipinski definition) is 7. The van der Waals surface area contributed by atoms with Crippen LogP contribution in [0.4, 0.5) is 15.8 Å². The maximum absolute atomic E-state index is 13.8. The third-order valence-electron chi connectivity index (χ3n) is 4.98. The van der Waals surface area contributed by atoms with Gasteiger partial charge in [-0.2, -0.15) is 5.26 Å². The van der Waals surface area contributed by atoms with Crippen molar-refractivity contribution in [3.8, 4) is 11.9 Å². The molecule has 3 rings (SSSR count). The van der Waals surface area contributed by atoms with E-state index in [0.717, 1.165) is 25.1 Å². The van der Waals surface area contributed by atoms with Crippen LogP contribution in [0.5, 0.6) is 5.88 Å². The number of anilines is 2. The maximum Gasteiger partial charge on any atom is 0.239 e. The molecule has 2 aromatic rings. The lowest BCUT2D eigenvalue weighted by molar-refractivity contribution is -0.113. The molecule has 1 aromatic heterocycles. The molecule has 1 saturated carbocycles. The molecular formula is C21H19ClFN5O3. The van der Waals surface area contributed by atoms with Gasteiger partial charge < -0.3 is 21.2 Å². The fourth-order valence-corrected chi connectivity index (χ4v) is 3.00. The van der Waals surface area contributed by atoms with Crippen LogP contribution in [0.1, 0.15) is 40.0 Å². The summed E-state index contributed by atoms with van der Waals surface area (Å²) in [7, 11) is 0. The molecule has 1 aromatic carbocycles. The quantitative estimate of drug-likeness (QED) is 0.247. The highest BCUT2D eigenvalue weighted by molar-refractivity contribution is 6.29. The van der Waals surface area contributed by atoms with Gasteiger partial charge in [0.1, 0.15) is 24.0 Å². The molecule has 1 amide bonds. The number of nitrogens with one attached hydrogen (secondary N) is 2. The second kappa shape index (κ2) is 8.70. The van der Waals surface area contributed by atoms with E-state index in [9.17, 15) is 19.2 Å². The van der Waals surface area contributed by atoms with E-state index in [2.05, 4.69) is 16.4 Å². The zero-order valence-corrected chi connectivity index (χ0v) is 17.3. The van der Waals surface area contributed by atoms with Gasteiger partial charge in [0.2, 0.25) is 17.6 Å². The van der Waals surface area contributed by atoms with Gasteiger partial charge in [-0.3, -0.25) is 9.59 Å². The molecule has 4 N–H and O–H groups in total. The van der Waals surface area contributed by atoms with Gasteiger partial charge in [0.25, 0.3) is 0 Å². The zero-order valence-electron chi connectivity index (χ0n) is 16.6. The van der Waals surface area contributed by atoms with Crippen molar-refractivity contribution < 1.29 is 18.7 Å². The van der Waals surface area contributed by atoms with Gasteiger partial charge in [-0.05, 0) is 38.0 Å². The molecule has 0 bridgehead atoms. The van der Waals surface area contributed by atoms with Crippen molar-refractivity contribution >= 4 is 40.9 Å². The summed E-state index contributed by atoms with van der Waals surface area (Å²) >= 11 is 5.57. The number of nitrogens with zero attached hydrogens (tertiary/aromatic N) is 2. The van der Waals surface area contributed by atoms with Crippen LogP contribution in [-0.4, -0.2) is 35.4 Å². The summed E-state index contributed by atoms with van der Waals surface area (Å²) in [6.45, 7) is 1.80. The monoisotopic (exact) mass is 443 g/mol. The van der Waals surface area contributed by atoms with Crippen molar-refractivity contribution in [3.63, 3.8) is 0 Å².